The molecular weight excluding hydrogens is 318 g/mol. The second-order valence-corrected chi connectivity index (χ2v) is 5.28. The van der Waals surface area contributed by atoms with Crippen LogP contribution in [-0.4, -0.2) is 56.0 Å². The van der Waals surface area contributed by atoms with E-state index in [9.17, 15) is 9.59 Å². The molecule has 0 aliphatic carbocycles. The number of carboxylic acid groups (broad SMARTS) is 1. The number of amides is 1. The van der Waals surface area contributed by atoms with Crippen molar-refractivity contribution in [2.45, 2.75) is 25.5 Å². The molecule has 1 fully saturated rings. The first-order valence-electron chi connectivity index (χ1n) is 7.46. The molecule has 0 aromatic heterocycles. The third-order valence-electron chi connectivity index (χ3n) is 3.88. The van der Waals surface area contributed by atoms with E-state index in [0.29, 0.717) is 42.2 Å². The van der Waals surface area contributed by atoms with Gasteiger partial charge >= 0.3 is 12.1 Å². The molecule has 2 rings (SSSR count). The molecule has 1 N–H and O–H groups in total. The van der Waals surface area contributed by atoms with E-state index in [0.717, 1.165) is 4.90 Å². The fourth-order valence-corrected chi connectivity index (χ4v) is 2.71. The number of hydrogen-bond acceptors (Lipinski definition) is 6. The summed E-state index contributed by atoms with van der Waals surface area (Å²) >= 11 is 0. The van der Waals surface area contributed by atoms with Crippen LogP contribution >= 0.6 is 0 Å². The number of likely N-dealkylation sites (tertiary alicyclic amines) is 1. The van der Waals surface area contributed by atoms with Crippen LogP contribution in [0.15, 0.2) is 12.1 Å². The van der Waals surface area contributed by atoms with Crippen LogP contribution in [0.2, 0.25) is 0 Å². The maximum Gasteiger partial charge on any atom is 0.408 e. The molecular formula is C16H21NO7. The lowest BCUT2D eigenvalue weighted by Crippen LogP contribution is -2.40. The number of ether oxygens (including phenoxy) is 4. The lowest BCUT2D eigenvalue weighted by atomic mass is 10.2. The number of hydrogen-bond donors (Lipinski definition) is 1. The van der Waals surface area contributed by atoms with Gasteiger partial charge in [-0.25, -0.2) is 9.59 Å². The van der Waals surface area contributed by atoms with Gasteiger partial charge in [0.25, 0.3) is 0 Å². The SMILES string of the molecule is COc1cc(COC(=O)C2CCCN2C(=O)O)cc(OC)c1OC. The second-order valence-electron chi connectivity index (χ2n) is 5.28. The Bertz CT molecular complexity index is 591. The highest BCUT2D eigenvalue weighted by Gasteiger charge is 2.35. The highest BCUT2D eigenvalue weighted by Crippen LogP contribution is 2.38. The van der Waals surface area contributed by atoms with E-state index in [1.165, 1.54) is 21.3 Å². The summed E-state index contributed by atoms with van der Waals surface area (Å²) in [5.74, 6) is 0.804. The molecule has 1 heterocycles. The van der Waals surface area contributed by atoms with Gasteiger partial charge in [0.15, 0.2) is 11.5 Å². The molecule has 0 saturated carbocycles. The molecule has 1 unspecified atom stereocenters. The molecule has 0 spiro atoms. The van der Waals surface area contributed by atoms with Crippen molar-refractivity contribution in [3.8, 4) is 17.2 Å². The van der Waals surface area contributed by atoms with Crippen molar-refractivity contribution in [3.63, 3.8) is 0 Å². The number of rotatable bonds is 6. The molecule has 1 atom stereocenters. The molecule has 1 amide bonds. The van der Waals surface area contributed by atoms with Gasteiger partial charge in [-0.3, -0.25) is 4.90 Å². The van der Waals surface area contributed by atoms with Crippen molar-refractivity contribution < 1.29 is 33.6 Å². The molecule has 8 heteroatoms. The van der Waals surface area contributed by atoms with Gasteiger partial charge in [0.2, 0.25) is 5.75 Å². The summed E-state index contributed by atoms with van der Waals surface area (Å²) in [4.78, 5) is 24.4. The molecule has 132 valence electrons. The van der Waals surface area contributed by atoms with E-state index < -0.39 is 18.1 Å². The summed E-state index contributed by atoms with van der Waals surface area (Å²) in [6.07, 6.45) is 0.0126. The summed E-state index contributed by atoms with van der Waals surface area (Å²) in [5, 5.41) is 9.08. The maximum absolute atomic E-state index is 12.2. The smallest absolute Gasteiger partial charge is 0.408 e. The Morgan fingerprint density at radius 2 is 1.79 bits per heavy atom. The van der Waals surface area contributed by atoms with Gasteiger partial charge in [0.05, 0.1) is 21.3 Å². The quantitative estimate of drug-likeness (QED) is 0.791. The molecule has 1 aromatic rings. The first kappa shape index (κ1) is 17.7. The Hall–Kier alpha value is -2.64. The van der Waals surface area contributed by atoms with Crippen LogP contribution in [-0.2, 0) is 16.1 Å². The Labute approximate surface area is 139 Å². The predicted molar refractivity (Wildman–Crippen MR) is 83.6 cm³/mol. The molecule has 1 aliphatic heterocycles. The minimum Gasteiger partial charge on any atom is -0.493 e. The van der Waals surface area contributed by atoms with E-state index in [1.54, 1.807) is 12.1 Å². The van der Waals surface area contributed by atoms with Gasteiger partial charge in [0.1, 0.15) is 12.6 Å². The standard InChI is InChI=1S/C16H21NO7/c1-21-12-7-10(8-13(22-2)14(12)23-3)9-24-15(18)11-5-4-6-17(11)16(19)20/h7-8,11H,4-6,9H2,1-3H3,(H,19,20). The topological polar surface area (TPSA) is 94.5 Å². The lowest BCUT2D eigenvalue weighted by Gasteiger charge is -2.20. The predicted octanol–water partition coefficient (Wildman–Crippen LogP) is 1.90. The van der Waals surface area contributed by atoms with Crippen molar-refractivity contribution >= 4 is 12.1 Å². The zero-order chi connectivity index (χ0) is 17.7. The summed E-state index contributed by atoms with van der Waals surface area (Å²) in [6, 6.07) is 2.61. The average molecular weight is 339 g/mol. The highest BCUT2D eigenvalue weighted by molar-refractivity contribution is 5.81. The van der Waals surface area contributed by atoms with E-state index >= 15 is 0 Å². The first-order valence-corrected chi connectivity index (χ1v) is 7.46. The number of benzene rings is 1. The van der Waals surface area contributed by atoms with Crippen LogP contribution in [0.4, 0.5) is 4.79 Å². The van der Waals surface area contributed by atoms with Crippen molar-refractivity contribution in [1.82, 2.24) is 4.90 Å². The molecule has 8 nitrogen and oxygen atoms in total. The minimum absolute atomic E-state index is 0.0144. The Morgan fingerprint density at radius 3 is 2.29 bits per heavy atom. The summed E-state index contributed by atoms with van der Waals surface area (Å²) in [7, 11) is 4.49. The third kappa shape index (κ3) is 3.64. The van der Waals surface area contributed by atoms with E-state index in [-0.39, 0.29) is 6.61 Å². The number of nitrogens with zero attached hydrogens (tertiary/aromatic N) is 1. The molecule has 1 aliphatic rings. The van der Waals surface area contributed by atoms with Gasteiger partial charge in [-0.05, 0) is 30.5 Å². The van der Waals surface area contributed by atoms with E-state index in [4.69, 9.17) is 24.1 Å². The van der Waals surface area contributed by atoms with Crippen LogP contribution in [0.3, 0.4) is 0 Å². The van der Waals surface area contributed by atoms with Gasteiger partial charge in [-0.1, -0.05) is 0 Å². The fraction of sp³-hybridized carbons (Fsp3) is 0.500. The minimum atomic E-state index is -1.11. The average Bonchev–Trinajstić information content (AvgIpc) is 3.08. The zero-order valence-electron chi connectivity index (χ0n) is 13.9. The van der Waals surface area contributed by atoms with Crippen molar-refractivity contribution in [1.29, 1.82) is 0 Å². The summed E-state index contributed by atoms with van der Waals surface area (Å²) in [6.45, 7) is 0.332. The van der Waals surface area contributed by atoms with Crippen LogP contribution in [0.25, 0.3) is 0 Å². The number of methoxy groups -OCH3 is 3. The Balaban J connectivity index is 2.08. The van der Waals surface area contributed by atoms with Crippen molar-refractivity contribution in [3.05, 3.63) is 17.7 Å². The number of carbonyl (C=O) groups is 2. The molecule has 0 bridgehead atoms. The third-order valence-corrected chi connectivity index (χ3v) is 3.88. The molecule has 0 radical (unpaired) electrons. The van der Waals surface area contributed by atoms with Gasteiger partial charge < -0.3 is 24.1 Å². The van der Waals surface area contributed by atoms with Gasteiger partial charge in [-0.2, -0.15) is 0 Å². The highest BCUT2D eigenvalue weighted by atomic mass is 16.5. The molecule has 1 aromatic carbocycles. The Kier molecular flexibility index (Phi) is 5.73. The van der Waals surface area contributed by atoms with Crippen LogP contribution < -0.4 is 14.2 Å². The van der Waals surface area contributed by atoms with E-state index in [2.05, 4.69) is 0 Å². The maximum atomic E-state index is 12.2. The molecule has 24 heavy (non-hydrogen) atoms. The summed E-state index contributed by atoms with van der Waals surface area (Å²) in [5.41, 5.74) is 0.651. The van der Waals surface area contributed by atoms with E-state index in [1.807, 2.05) is 0 Å². The first-order chi connectivity index (χ1) is 11.5. The monoisotopic (exact) mass is 339 g/mol. The zero-order valence-corrected chi connectivity index (χ0v) is 13.9. The van der Waals surface area contributed by atoms with Crippen LogP contribution in [0.5, 0.6) is 17.2 Å². The number of carbonyl (C=O) groups excluding carboxylic acids is 1. The Morgan fingerprint density at radius 1 is 1.17 bits per heavy atom. The van der Waals surface area contributed by atoms with Gasteiger partial charge in [-0.15, -0.1) is 0 Å². The summed E-state index contributed by atoms with van der Waals surface area (Å²) < 4.78 is 21.0. The van der Waals surface area contributed by atoms with Crippen molar-refractivity contribution in [2.75, 3.05) is 27.9 Å². The molecule has 1 saturated heterocycles. The second kappa shape index (κ2) is 7.76. The van der Waals surface area contributed by atoms with Crippen molar-refractivity contribution in [2.24, 2.45) is 0 Å². The fourth-order valence-electron chi connectivity index (χ4n) is 2.71. The van der Waals surface area contributed by atoms with Crippen LogP contribution in [0, 0.1) is 0 Å². The van der Waals surface area contributed by atoms with Gasteiger partial charge in [0, 0.05) is 6.54 Å². The number of esters is 1. The normalized spacial score (nSPS) is 16.6. The van der Waals surface area contributed by atoms with Crippen LogP contribution in [0.1, 0.15) is 18.4 Å². The lowest BCUT2D eigenvalue weighted by molar-refractivity contribution is -0.149. The largest absolute Gasteiger partial charge is 0.493 e.